The normalized spacial score (nSPS) is 10.9. The van der Waals surface area contributed by atoms with Crippen LogP contribution in [-0.4, -0.2) is 31.8 Å². The van der Waals surface area contributed by atoms with E-state index in [1.807, 2.05) is 19.1 Å². The number of amides is 1. The second-order valence-electron chi connectivity index (χ2n) is 5.73. The van der Waals surface area contributed by atoms with E-state index in [-0.39, 0.29) is 11.4 Å². The van der Waals surface area contributed by atoms with E-state index in [1.165, 1.54) is 18.3 Å². The predicted molar refractivity (Wildman–Crippen MR) is 98.5 cm³/mol. The number of nitro benzene ring substituents is 1. The molecular weight excluding hydrogens is 348 g/mol. The summed E-state index contributed by atoms with van der Waals surface area (Å²) in [5.41, 5.74) is 4.97. The van der Waals surface area contributed by atoms with E-state index >= 15 is 0 Å². The molecule has 9 heteroatoms. The van der Waals surface area contributed by atoms with Crippen molar-refractivity contribution in [2.75, 3.05) is 0 Å². The number of carbonyl (C=O) groups is 1. The van der Waals surface area contributed by atoms with E-state index in [4.69, 9.17) is 0 Å². The minimum Gasteiger partial charge on any atom is -0.268 e. The van der Waals surface area contributed by atoms with Crippen molar-refractivity contribution >= 4 is 17.8 Å². The molecule has 0 aliphatic rings. The fourth-order valence-corrected chi connectivity index (χ4v) is 2.33. The zero-order valence-electron chi connectivity index (χ0n) is 14.4. The van der Waals surface area contributed by atoms with Crippen molar-refractivity contribution in [2.24, 2.45) is 5.10 Å². The molecule has 136 valence electrons. The summed E-state index contributed by atoms with van der Waals surface area (Å²) in [6, 6.07) is 13.2. The molecule has 0 bridgehead atoms. The van der Waals surface area contributed by atoms with Gasteiger partial charge in [0, 0.05) is 24.0 Å². The first kappa shape index (κ1) is 17.9. The lowest BCUT2D eigenvalue weighted by atomic mass is 10.2. The van der Waals surface area contributed by atoms with Crippen LogP contribution in [0, 0.1) is 17.0 Å². The van der Waals surface area contributed by atoms with Crippen LogP contribution in [0.4, 0.5) is 5.69 Å². The van der Waals surface area contributed by atoms with Crippen LogP contribution < -0.4 is 5.43 Å². The number of hydrazone groups is 1. The molecular formula is C18H16N6O3. The van der Waals surface area contributed by atoms with Crippen LogP contribution in [0.1, 0.15) is 27.4 Å². The minimum absolute atomic E-state index is 0.0280. The molecule has 27 heavy (non-hydrogen) atoms. The number of nitrogens with one attached hydrogen (secondary N) is 1. The van der Waals surface area contributed by atoms with Gasteiger partial charge in [0.2, 0.25) is 0 Å². The number of nitro groups is 1. The van der Waals surface area contributed by atoms with Gasteiger partial charge in [-0.2, -0.15) is 10.2 Å². The highest BCUT2D eigenvalue weighted by atomic mass is 16.6. The lowest BCUT2D eigenvalue weighted by Crippen LogP contribution is -2.18. The number of pyridine rings is 1. The van der Waals surface area contributed by atoms with Gasteiger partial charge in [-0.25, -0.2) is 5.43 Å². The molecule has 0 atom stereocenters. The van der Waals surface area contributed by atoms with Crippen molar-refractivity contribution in [3.63, 3.8) is 0 Å². The first-order chi connectivity index (χ1) is 13.0. The molecule has 3 rings (SSSR count). The summed E-state index contributed by atoms with van der Waals surface area (Å²) in [6.45, 7) is 2.26. The number of benzene rings is 1. The molecule has 1 amide bonds. The first-order valence-electron chi connectivity index (χ1n) is 8.05. The Morgan fingerprint density at radius 1 is 1.26 bits per heavy atom. The molecule has 0 spiro atoms. The lowest BCUT2D eigenvalue weighted by molar-refractivity contribution is -0.384. The Balaban J connectivity index is 1.59. The van der Waals surface area contributed by atoms with Crippen molar-refractivity contribution in [1.82, 2.24) is 20.2 Å². The van der Waals surface area contributed by atoms with Crippen molar-refractivity contribution in [2.45, 2.75) is 13.5 Å². The molecule has 0 saturated heterocycles. The van der Waals surface area contributed by atoms with Crippen LogP contribution in [0.2, 0.25) is 0 Å². The number of carbonyl (C=O) groups excluding carboxylic acids is 1. The first-order valence-corrected chi connectivity index (χ1v) is 8.05. The topological polar surface area (TPSA) is 115 Å². The molecule has 2 heterocycles. The Kier molecular flexibility index (Phi) is 5.31. The predicted octanol–water partition coefficient (Wildman–Crippen LogP) is 2.31. The Labute approximate surface area is 154 Å². The fourth-order valence-electron chi connectivity index (χ4n) is 2.33. The van der Waals surface area contributed by atoms with Gasteiger partial charge in [-0.15, -0.1) is 0 Å². The van der Waals surface area contributed by atoms with Crippen molar-refractivity contribution in [3.05, 3.63) is 87.5 Å². The van der Waals surface area contributed by atoms with Gasteiger partial charge in [0.1, 0.15) is 0 Å². The van der Waals surface area contributed by atoms with Gasteiger partial charge in [-0.1, -0.05) is 18.2 Å². The molecule has 0 aliphatic heterocycles. The number of hydrogen-bond donors (Lipinski definition) is 1. The number of nitrogens with zero attached hydrogens (tertiary/aromatic N) is 5. The molecule has 0 aliphatic carbocycles. The molecule has 1 N–H and O–H groups in total. The Morgan fingerprint density at radius 2 is 2.04 bits per heavy atom. The summed E-state index contributed by atoms with van der Waals surface area (Å²) in [6.07, 6.45) is 3.11. The molecule has 0 fully saturated rings. The number of aryl methyl sites for hydroxylation is 1. The SMILES string of the molecule is Cc1cccc(/C=N\NC(=O)c2ccn(Cc3ccc([N+](=O)[O-])cc3)n2)n1. The molecule has 1 aromatic carbocycles. The second kappa shape index (κ2) is 8.00. The van der Waals surface area contributed by atoms with E-state index in [1.54, 1.807) is 35.1 Å². The lowest BCUT2D eigenvalue weighted by Gasteiger charge is -2.01. The maximum Gasteiger partial charge on any atom is 0.291 e. The fraction of sp³-hybridized carbons (Fsp3) is 0.111. The van der Waals surface area contributed by atoms with Gasteiger partial charge in [0.05, 0.1) is 23.4 Å². The monoisotopic (exact) mass is 364 g/mol. The minimum atomic E-state index is -0.451. The highest BCUT2D eigenvalue weighted by Crippen LogP contribution is 2.12. The van der Waals surface area contributed by atoms with Gasteiger partial charge in [0.15, 0.2) is 5.69 Å². The third kappa shape index (κ3) is 4.82. The summed E-state index contributed by atoms with van der Waals surface area (Å²) < 4.78 is 1.57. The van der Waals surface area contributed by atoms with Gasteiger partial charge >= 0.3 is 0 Å². The molecule has 0 radical (unpaired) electrons. The van der Waals surface area contributed by atoms with E-state index in [0.29, 0.717) is 12.2 Å². The van der Waals surface area contributed by atoms with Crippen LogP contribution in [0.15, 0.2) is 59.8 Å². The van der Waals surface area contributed by atoms with E-state index in [2.05, 4.69) is 20.6 Å². The average molecular weight is 364 g/mol. The average Bonchev–Trinajstić information content (AvgIpc) is 3.11. The number of hydrogen-bond acceptors (Lipinski definition) is 6. The van der Waals surface area contributed by atoms with Crippen molar-refractivity contribution < 1.29 is 9.72 Å². The maximum absolute atomic E-state index is 12.1. The van der Waals surface area contributed by atoms with Gasteiger partial charge in [0.25, 0.3) is 11.6 Å². The van der Waals surface area contributed by atoms with E-state index < -0.39 is 10.8 Å². The van der Waals surface area contributed by atoms with E-state index in [0.717, 1.165) is 11.3 Å². The quantitative estimate of drug-likeness (QED) is 0.409. The highest BCUT2D eigenvalue weighted by molar-refractivity contribution is 5.92. The van der Waals surface area contributed by atoms with Crippen LogP contribution >= 0.6 is 0 Å². The molecule has 2 aromatic heterocycles. The smallest absolute Gasteiger partial charge is 0.268 e. The molecule has 3 aromatic rings. The molecule has 0 saturated carbocycles. The number of non-ortho nitro benzene ring substituents is 1. The van der Waals surface area contributed by atoms with Crippen LogP contribution in [-0.2, 0) is 6.54 Å². The van der Waals surface area contributed by atoms with Crippen LogP contribution in [0.5, 0.6) is 0 Å². The third-order valence-electron chi connectivity index (χ3n) is 3.64. The largest absolute Gasteiger partial charge is 0.291 e. The van der Waals surface area contributed by atoms with Crippen LogP contribution in [0.25, 0.3) is 0 Å². The second-order valence-corrected chi connectivity index (χ2v) is 5.73. The molecule has 9 nitrogen and oxygen atoms in total. The zero-order chi connectivity index (χ0) is 19.2. The van der Waals surface area contributed by atoms with E-state index in [9.17, 15) is 14.9 Å². The summed E-state index contributed by atoms with van der Waals surface area (Å²) >= 11 is 0. The standard InChI is InChI=1S/C18H16N6O3/c1-13-3-2-4-15(20-13)11-19-21-18(25)17-9-10-23(22-17)12-14-5-7-16(8-6-14)24(26)27/h2-11H,12H2,1H3,(H,21,25)/b19-11-. The number of rotatable bonds is 6. The molecule has 0 unspecified atom stereocenters. The zero-order valence-corrected chi connectivity index (χ0v) is 14.4. The summed E-state index contributed by atoms with van der Waals surface area (Å²) in [4.78, 5) is 26.6. The Hall–Kier alpha value is -3.88. The van der Waals surface area contributed by atoms with Crippen molar-refractivity contribution in [3.8, 4) is 0 Å². The summed E-state index contributed by atoms with van der Waals surface area (Å²) in [7, 11) is 0. The third-order valence-corrected chi connectivity index (χ3v) is 3.64. The van der Waals surface area contributed by atoms with Gasteiger partial charge < -0.3 is 0 Å². The summed E-state index contributed by atoms with van der Waals surface area (Å²) in [5.74, 6) is -0.443. The van der Waals surface area contributed by atoms with Crippen molar-refractivity contribution in [1.29, 1.82) is 0 Å². The Bertz CT molecular complexity index is 994. The Morgan fingerprint density at radius 3 is 2.74 bits per heavy atom. The summed E-state index contributed by atoms with van der Waals surface area (Å²) in [5, 5.41) is 18.7. The van der Waals surface area contributed by atoms with Crippen LogP contribution in [0.3, 0.4) is 0 Å². The van der Waals surface area contributed by atoms with Gasteiger partial charge in [-0.3, -0.25) is 24.6 Å². The van der Waals surface area contributed by atoms with Gasteiger partial charge in [-0.05, 0) is 30.7 Å². The number of aromatic nitrogens is 3. The highest BCUT2D eigenvalue weighted by Gasteiger charge is 2.09. The maximum atomic E-state index is 12.1.